The number of nitrogens with zero attached hydrogens (tertiary/aromatic N) is 1. The van der Waals surface area contributed by atoms with Gasteiger partial charge in [-0.2, -0.15) is 12.8 Å². The SMILES string of the molecule is COc1cc(/C=N\S(=O)(=O)c2ccc(C)cc2)ccc1O. The highest BCUT2D eigenvalue weighted by molar-refractivity contribution is 7.90. The molecule has 0 unspecified atom stereocenters. The van der Waals surface area contributed by atoms with Crippen molar-refractivity contribution in [1.29, 1.82) is 0 Å². The Morgan fingerprint density at radius 3 is 2.43 bits per heavy atom. The van der Waals surface area contributed by atoms with Crippen LogP contribution < -0.4 is 4.74 Å². The van der Waals surface area contributed by atoms with Crippen LogP contribution in [0.5, 0.6) is 11.5 Å². The molecular formula is C15H15NO4S. The largest absolute Gasteiger partial charge is 0.504 e. The van der Waals surface area contributed by atoms with Crippen LogP contribution in [0, 0.1) is 6.92 Å². The van der Waals surface area contributed by atoms with Gasteiger partial charge in [-0.3, -0.25) is 0 Å². The van der Waals surface area contributed by atoms with Crippen LogP contribution in [-0.4, -0.2) is 26.8 Å². The second kappa shape index (κ2) is 5.97. The number of aryl methyl sites for hydroxylation is 1. The van der Waals surface area contributed by atoms with Gasteiger partial charge in [-0.15, -0.1) is 0 Å². The minimum absolute atomic E-state index is 0.0176. The molecule has 0 fully saturated rings. The van der Waals surface area contributed by atoms with Gasteiger partial charge in [0.15, 0.2) is 11.5 Å². The van der Waals surface area contributed by atoms with E-state index in [1.165, 1.54) is 37.6 Å². The Morgan fingerprint density at radius 1 is 1.14 bits per heavy atom. The fourth-order valence-corrected chi connectivity index (χ4v) is 2.54. The van der Waals surface area contributed by atoms with Crippen LogP contribution in [0.3, 0.4) is 0 Å². The number of phenols is 1. The molecule has 0 spiro atoms. The molecule has 5 nitrogen and oxygen atoms in total. The quantitative estimate of drug-likeness (QED) is 0.881. The molecule has 1 N–H and O–H groups in total. The molecule has 0 heterocycles. The van der Waals surface area contributed by atoms with E-state index in [2.05, 4.69) is 4.40 Å². The molecule has 0 saturated heterocycles. The van der Waals surface area contributed by atoms with Crippen molar-refractivity contribution < 1.29 is 18.3 Å². The average molecular weight is 305 g/mol. The van der Waals surface area contributed by atoms with Gasteiger partial charge >= 0.3 is 0 Å². The van der Waals surface area contributed by atoms with Crippen molar-refractivity contribution in [2.45, 2.75) is 11.8 Å². The monoisotopic (exact) mass is 305 g/mol. The van der Waals surface area contributed by atoms with Gasteiger partial charge in [0, 0.05) is 6.21 Å². The third-order valence-corrected chi connectivity index (χ3v) is 4.11. The topological polar surface area (TPSA) is 76.0 Å². The van der Waals surface area contributed by atoms with Crippen LogP contribution in [0.1, 0.15) is 11.1 Å². The summed E-state index contributed by atoms with van der Waals surface area (Å²) in [6.07, 6.45) is 1.22. The van der Waals surface area contributed by atoms with Crippen molar-refractivity contribution in [3.63, 3.8) is 0 Å². The van der Waals surface area contributed by atoms with E-state index in [-0.39, 0.29) is 16.4 Å². The van der Waals surface area contributed by atoms with Gasteiger partial charge < -0.3 is 9.84 Å². The van der Waals surface area contributed by atoms with Crippen LogP contribution in [0.4, 0.5) is 0 Å². The summed E-state index contributed by atoms with van der Waals surface area (Å²) in [4.78, 5) is 0.134. The molecule has 0 aliphatic carbocycles. The summed E-state index contributed by atoms with van der Waals surface area (Å²) in [5, 5.41) is 9.48. The number of hydrogen-bond acceptors (Lipinski definition) is 4. The van der Waals surface area contributed by atoms with E-state index in [0.717, 1.165) is 5.56 Å². The fraction of sp³-hybridized carbons (Fsp3) is 0.133. The van der Waals surface area contributed by atoms with E-state index in [4.69, 9.17) is 4.74 Å². The van der Waals surface area contributed by atoms with Crippen molar-refractivity contribution in [2.24, 2.45) is 4.40 Å². The summed E-state index contributed by atoms with van der Waals surface area (Å²) in [6, 6.07) is 10.9. The number of aromatic hydroxyl groups is 1. The van der Waals surface area contributed by atoms with Gasteiger partial charge in [-0.25, -0.2) is 0 Å². The van der Waals surface area contributed by atoms with Gasteiger partial charge in [0.25, 0.3) is 10.0 Å². The van der Waals surface area contributed by atoms with Crippen LogP contribution in [0.2, 0.25) is 0 Å². The maximum Gasteiger partial charge on any atom is 0.282 e. The van der Waals surface area contributed by atoms with Crippen molar-refractivity contribution in [3.8, 4) is 11.5 Å². The highest BCUT2D eigenvalue weighted by atomic mass is 32.2. The van der Waals surface area contributed by atoms with Crippen LogP contribution in [0.15, 0.2) is 51.8 Å². The normalized spacial score (nSPS) is 11.7. The molecule has 0 aromatic heterocycles. The number of hydrogen-bond donors (Lipinski definition) is 1. The zero-order chi connectivity index (χ0) is 15.5. The zero-order valence-corrected chi connectivity index (χ0v) is 12.5. The Kier molecular flexibility index (Phi) is 4.28. The van der Waals surface area contributed by atoms with Crippen LogP contribution >= 0.6 is 0 Å². The molecule has 2 aromatic rings. The first-order valence-electron chi connectivity index (χ1n) is 6.16. The summed E-state index contributed by atoms with van der Waals surface area (Å²) in [5.74, 6) is 0.239. The van der Waals surface area contributed by atoms with E-state index < -0.39 is 10.0 Å². The molecule has 0 bridgehead atoms. The number of methoxy groups -OCH3 is 1. The number of sulfonamides is 1. The molecule has 0 radical (unpaired) electrons. The minimum Gasteiger partial charge on any atom is -0.504 e. The molecule has 0 aliphatic heterocycles. The number of rotatable bonds is 4. The molecule has 21 heavy (non-hydrogen) atoms. The Hall–Kier alpha value is -2.34. The first kappa shape index (κ1) is 15.1. The molecule has 2 rings (SSSR count). The minimum atomic E-state index is -3.74. The van der Waals surface area contributed by atoms with E-state index in [1.54, 1.807) is 18.2 Å². The molecule has 0 amide bonds. The van der Waals surface area contributed by atoms with E-state index in [0.29, 0.717) is 5.56 Å². The molecule has 6 heteroatoms. The van der Waals surface area contributed by atoms with E-state index in [9.17, 15) is 13.5 Å². The van der Waals surface area contributed by atoms with Crippen molar-refractivity contribution in [2.75, 3.05) is 7.11 Å². The maximum atomic E-state index is 12.1. The van der Waals surface area contributed by atoms with Gasteiger partial charge in [0.2, 0.25) is 0 Å². The Bertz CT molecular complexity index is 765. The van der Waals surface area contributed by atoms with Gasteiger partial charge in [0.1, 0.15) is 0 Å². The summed E-state index contributed by atoms with van der Waals surface area (Å²) in [7, 11) is -2.32. The second-order valence-corrected chi connectivity index (χ2v) is 6.09. The summed E-state index contributed by atoms with van der Waals surface area (Å²) >= 11 is 0. The number of ether oxygens (including phenoxy) is 1. The van der Waals surface area contributed by atoms with E-state index in [1.807, 2.05) is 6.92 Å². The molecule has 0 atom stereocenters. The summed E-state index contributed by atoms with van der Waals surface area (Å²) in [6.45, 7) is 1.88. The smallest absolute Gasteiger partial charge is 0.282 e. The van der Waals surface area contributed by atoms with Gasteiger partial charge in [-0.05, 0) is 42.8 Å². The maximum absolute atomic E-state index is 12.1. The Labute approximate surface area is 123 Å². The molecular weight excluding hydrogens is 290 g/mol. The number of benzene rings is 2. The molecule has 2 aromatic carbocycles. The molecule has 110 valence electrons. The zero-order valence-electron chi connectivity index (χ0n) is 11.6. The summed E-state index contributed by atoms with van der Waals surface area (Å²) < 4.78 is 32.7. The lowest BCUT2D eigenvalue weighted by Gasteiger charge is -2.03. The third kappa shape index (κ3) is 3.61. The lowest BCUT2D eigenvalue weighted by molar-refractivity contribution is 0.373. The lowest BCUT2D eigenvalue weighted by atomic mass is 10.2. The van der Waals surface area contributed by atoms with Gasteiger partial charge in [-0.1, -0.05) is 17.7 Å². The second-order valence-electron chi connectivity index (χ2n) is 4.45. The van der Waals surface area contributed by atoms with Crippen LogP contribution in [0.25, 0.3) is 0 Å². The Balaban J connectivity index is 2.29. The van der Waals surface area contributed by atoms with Crippen molar-refractivity contribution in [3.05, 3.63) is 53.6 Å². The summed E-state index contributed by atoms with van der Waals surface area (Å²) in [5.41, 5.74) is 1.49. The predicted octanol–water partition coefficient (Wildman–Crippen LogP) is 2.52. The lowest BCUT2D eigenvalue weighted by Crippen LogP contribution is -1.98. The molecule has 0 aliphatic rings. The predicted molar refractivity (Wildman–Crippen MR) is 80.6 cm³/mol. The Morgan fingerprint density at radius 2 is 1.81 bits per heavy atom. The average Bonchev–Trinajstić information content (AvgIpc) is 2.47. The number of phenolic OH excluding ortho intramolecular Hbond substituents is 1. The standard InChI is InChI=1S/C15H15NO4S/c1-11-3-6-13(7-4-11)21(18,19)16-10-12-5-8-14(17)15(9-12)20-2/h3-10,17H,1-2H3/b16-10-. The van der Waals surface area contributed by atoms with Crippen molar-refractivity contribution >= 4 is 16.2 Å². The van der Waals surface area contributed by atoms with Crippen LogP contribution in [-0.2, 0) is 10.0 Å². The fourth-order valence-electron chi connectivity index (χ4n) is 1.68. The first-order valence-corrected chi connectivity index (χ1v) is 7.60. The molecule has 0 saturated carbocycles. The van der Waals surface area contributed by atoms with Gasteiger partial charge in [0.05, 0.1) is 12.0 Å². The first-order chi connectivity index (χ1) is 9.92. The highest BCUT2D eigenvalue weighted by Gasteiger charge is 2.11. The third-order valence-electron chi connectivity index (χ3n) is 2.86. The van der Waals surface area contributed by atoms with Crippen molar-refractivity contribution in [1.82, 2.24) is 0 Å². The van der Waals surface area contributed by atoms with E-state index >= 15 is 0 Å². The highest BCUT2D eigenvalue weighted by Crippen LogP contribution is 2.25.